The molecule has 1 aromatic heterocycles. The average molecular weight is 447 g/mol. The Kier molecular flexibility index (Phi) is 6.84. The fourth-order valence-electron chi connectivity index (χ4n) is 3.25. The van der Waals surface area contributed by atoms with E-state index in [0.29, 0.717) is 23.8 Å². The summed E-state index contributed by atoms with van der Waals surface area (Å²) in [6.45, 7) is 5.17. The fraction of sp³-hybridized carbons (Fsp3) is 0.333. The standard InChI is InChI=1S/C21H26N4O3S2/c1-4-12-25-19-11-10-17(30(22,27)28)13-18(19)23-21(25)29-15(2)20(26)24(3)14-16-8-6-5-7-9-16/h5-11,13,15H,4,12,14H2,1-3H3,(H2,22,27,28). The van der Waals surface area contributed by atoms with Crippen LogP contribution in [0, 0.1) is 0 Å². The summed E-state index contributed by atoms with van der Waals surface area (Å²) in [6.07, 6.45) is 0.881. The minimum atomic E-state index is -3.80. The molecule has 1 unspecified atom stereocenters. The molecule has 160 valence electrons. The number of rotatable bonds is 8. The molecule has 0 aliphatic heterocycles. The van der Waals surface area contributed by atoms with Crippen LogP contribution >= 0.6 is 11.8 Å². The molecule has 0 radical (unpaired) electrons. The van der Waals surface area contributed by atoms with E-state index in [1.165, 1.54) is 23.9 Å². The smallest absolute Gasteiger partial charge is 0.238 e. The third-order valence-electron chi connectivity index (χ3n) is 4.73. The Hall–Kier alpha value is -2.36. The lowest BCUT2D eigenvalue weighted by atomic mass is 10.2. The van der Waals surface area contributed by atoms with Crippen LogP contribution in [0.5, 0.6) is 0 Å². The molecule has 1 atom stereocenters. The highest BCUT2D eigenvalue weighted by molar-refractivity contribution is 8.00. The largest absolute Gasteiger partial charge is 0.340 e. The minimum absolute atomic E-state index is 0.00387. The normalized spacial score (nSPS) is 12.8. The molecule has 7 nitrogen and oxygen atoms in total. The van der Waals surface area contributed by atoms with E-state index in [9.17, 15) is 13.2 Å². The zero-order valence-corrected chi connectivity index (χ0v) is 18.9. The number of hydrogen-bond donors (Lipinski definition) is 1. The molecular weight excluding hydrogens is 420 g/mol. The van der Waals surface area contributed by atoms with Crippen LogP contribution < -0.4 is 5.14 Å². The molecule has 0 bridgehead atoms. The Balaban J connectivity index is 1.84. The second-order valence-corrected chi connectivity index (χ2v) is 10.1. The molecule has 9 heteroatoms. The summed E-state index contributed by atoms with van der Waals surface area (Å²) in [6, 6.07) is 14.5. The quantitative estimate of drug-likeness (QED) is 0.536. The van der Waals surface area contributed by atoms with Crippen LogP contribution in [0.15, 0.2) is 58.6 Å². The number of hydrogen-bond acceptors (Lipinski definition) is 5. The first-order valence-electron chi connectivity index (χ1n) is 9.69. The van der Waals surface area contributed by atoms with Crippen molar-refractivity contribution in [2.45, 2.75) is 48.7 Å². The van der Waals surface area contributed by atoms with E-state index in [0.717, 1.165) is 17.5 Å². The lowest BCUT2D eigenvalue weighted by Crippen LogP contribution is -2.33. The lowest BCUT2D eigenvalue weighted by molar-refractivity contribution is -0.129. The van der Waals surface area contributed by atoms with Gasteiger partial charge >= 0.3 is 0 Å². The molecule has 1 amide bonds. The number of primary sulfonamides is 1. The van der Waals surface area contributed by atoms with Gasteiger partial charge in [0.15, 0.2) is 5.16 Å². The number of sulfonamides is 1. The van der Waals surface area contributed by atoms with Gasteiger partial charge in [0.05, 0.1) is 21.2 Å². The first-order chi connectivity index (χ1) is 14.2. The number of carbonyl (C=O) groups excluding carboxylic acids is 1. The van der Waals surface area contributed by atoms with E-state index >= 15 is 0 Å². The Morgan fingerprint density at radius 2 is 1.93 bits per heavy atom. The van der Waals surface area contributed by atoms with Crippen LogP contribution in [-0.4, -0.2) is 41.1 Å². The van der Waals surface area contributed by atoms with Crippen molar-refractivity contribution in [3.05, 3.63) is 54.1 Å². The van der Waals surface area contributed by atoms with Gasteiger partial charge in [0, 0.05) is 20.1 Å². The molecule has 0 fully saturated rings. The Morgan fingerprint density at radius 3 is 2.57 bits per heavy atom. The Labute approximate surface area is 181 Å². The summed E-state index contributed by atoms with van der Waals surface area (Å²) in [5.41, 5.74) is 2.44. The number of fused-ring (bicyclic) bond motifs is 1. The number of nitrogens with zero attached hydrogens (tertiary/aromatic N) is 3. The van der Waals surface area contributed by atoms with Crippen LogP contribution in [0.1, 0.15) is 25.8 Å². The van der Waals surface area contributed by atoms with E-state index in [4.69, 9.17) is 5.14 Å². The van der Waals surface area contributed by atoms with Gasteiger partial charge in [-0.05, 0) is 37.1 Å². The highest BCUT2D eigenvalue weighted by Crippen LogP contribution is 2.29. The molecule has 0 saturated carbocycles. The van der Waals surface area contributed by atoms with Crippen LogP contribution in [-0.2, 0) is 27.9 Å². The summed E-state index contributed by atoms with van der Waals surface area (Å²) in [7, 11) is -2.01. The molecule has 0 spiro atoms. The van der Waals surface area contributed by atoms with E-state index in [-0.39, 0.29) is 16.1 Å². The lowest BCUT2D eigenvalue weighted by Gasteiger charge is -2.21. The van der Waals surface area contributed by atoms with Crippen molar-refractivity contribution in [1.82, 2.24) is 14.5 Å². The summed E-state index contributed by atoms with van der Waals surface area (Å²) < 4.78 is 25.4. The van der Waals surface area contributed by atoms with Crippen molar-refractivity contribution in [1.29, 1.82) is 0 Å². The maximum absolute atomic E-state index is 12.9. The molecule has 2 N–H and O–H groups in total. The zero-order chi connectivity index (χ0) is 21.9. The zero-order valence-electron chi connectivity index (χ0n) is 17.3. The highest BCUT2D eigenvalue weighted by Gasteiger charge is 2.23. The first kappa shape index (κ1) is 22.3. The van der Waals surface area contributed by atoms with E-state index < -0.39 is 10.0 Å². The van der Waals surface area contributed by atoms with Gasteiger partial charge in [-0.2, -0.15) is 0 Å². The monoisotopic (exact) mass is 446 g/mol. The average Bonchev–Trinajstić information content (AvgIpc) is 3.04. The number of thioether (sulfide) groups is 1. The van der Waals surface area contributed by atoms with Crippen molar-refractivity contribution >= 4 is 38.7 Å². The van der Waals surface area contributed by atoms with Gasteiger partial charge in [-0.15, -0.1) is 0 Å². The van der Waals surface area contributed by atoms with Crippen LogP contribution in [0.3, 0.4) is 0 Å². The molecule has 3 rings (SSSR count). The molecule has 0 saturated heterocycles. The predicted molar refractivity (Wildman–Crippen MR) is 120 cm³/mol. The molecular formula is C21H26N4O3S2. The highest BCUT2D eigenvalue weighted by atomic mass is 32.2. The van der Waals surface area contributed by atoms with Gasteiger partial charge in [0.25, 0.3) is 0 Å². The predicted octanol–water partition coefficient (Wildman–Crippen LogP) is 3.23. The molecule has 0 aliphatic carbocycles. The number of nitrogens with two attached hydrogens (primary N) is 1. The minimum Gasteiger partial charge on any atom is -0.340 e. The maximum atomic E-state index is 12.9. The summed E-state index contributed by atoms with van der Waals surface area (Å²) in [5, 5.41) is 5.59. The summed E-state index contributed by atoms with van der Waals surface area (Å²) in [4.78, 5) is 19.2. The first-order valence-corrected chi connectivity index (χ1v) is 12.1. The fourth-order valence-corrected chi connectivity index (χ4v) is 4.85. The number of amides is 1. The topological polar surface area (TPSA) is 98.3 Å². The molecule has 3 aromatic rings. The van der Waals surface area contributed by atoms with Crippen molar-refractivity contribution in [2.75, 3.05) is 7.05 Å². The van der Waals surface area contributed by atoms with Crippen molar-refractivity contribution in [3.8, 4) is 0 Å². The van der Waals surface area contributed by atoms with Crippen molar-refractivity contribution in [3.63, 3.8) is 0 Å². The molecule has 1 heterocycles. The summed E-state index contributed by atoms with van der Waals surface area (Å²) >= 11 is 1.38. The third kappa shape index (κ3) is 5.03. The van der Waals surface area contributed by atoms with Gasteiger partial charge in [-0.3, -0.25) is 4.79 Å². The summed E-state index contributed by atoms with van der Waals surface area (Å²) in [5.74, 6) is 0.00387. The number of imidazole rings is 1. The van der Waals surface area contributed by atoms with Crippen LogP contribution in [0.25, 0.3) is 11.0 Å². The van der Waals surface area contributed by atoms with E-state index in [1.54, 1.807) is 18.0 Å². The number of aryl methyl sites for hydroxylation is 1. The third-order valence-corrected chi connectivity index (χ3v) is 6.72. The molecule has 2 aromatic carbocycles. The maximum Gasteiger partial charge on any atom is 0.238 e. The van der Waals surface area contributed by atoms with Crippen molar-refractivity contribution < 1.29 is 13.2 Å². The molecule has 30 heavy (non-hydrogen) atoms. The van der Waals surface area contributed by atoms with E-state index in [2.05, 4.69) is 11.9 Å². The van der Waals surface area contributed by atoms with Crippen LogP contribution in [0.2, 0.25) is 0 Å². The number of carbonyl (C=O) groups is 1. The second-order valence-electron chi connectivity index (χ2n) is 7.18. The number of aromatic nitrogens is 2. The van der Waals surface area contributed by atoms with Gasteiger partial charge in [-0.25, -0.2) is 18.5 Å². The van der Waals surface area contributed by atoms with Crippen molar-refractivity contribution in [2.24, 2.45) is 5.14 Å². The van der Waals surface area contributed by atoms with Gasteiger partial charge < -0.3 is 9.47 Å². The van der Waals surface area contributed by atoms with Gasteiger partial charge in [-0.1, -0.05) is 49.0 Å². The number of benzene rings is 2. The second kappa shape index (κ2) is 9.20. The molecule has 0 aliphatic rings. The Morgan fingerprint density at radius 1 is 1.23 bits per heavy atom. The van der Waals surface area contributed by atoms with Gasteiger partial charge in [0.1, 0.15) is 0 Å². The Bertz CT molecular complexity index is 1140. The van der Waals surface area contributed by atoms with Crippen LogP contribution in [0.4, 0.5) is 0 Å². The van der Waals surface area contributed by atoms with E-state index in [1.807, 2.05) is 41.8 Å². The van der Waals surface area contributed by atoms with Gasteiger partial charge in [0.2, 0.25) is 15.9 Å². The SMILES string of the molecule is CCCn1c(SC(C)C(=O)N(C)Cc2ccccc2)nc2cc(S(N)(=O)=O)ccc21.